The van der Waals surface area contributed by atoms with Crippen molar-refractivity contribution < 1.29 is 9.84 Å². The molecule has 1 heterocycles. The highest BCUT2D eigenvalue weighted by Crippen LogP contribution is 2.71. The van der Waals surface area contributed by atoms with E-state index in [0.717, 1.165) is 30.1 Å². The van der Waals surface area contributed by atoms with Gasteiger partial charge in [0, 0.05) is 17.4 Å². The van der Waals surface area contributed by atoms with E-state index in [9.17, 15) is 5.11 Å². The molecule has 0 unspecified atom stereocenters. The minimum Gasteiger partial charge on any atom is -0.508 e. The summed E-state index contributed by atoms with van der Waals surface area (Å²) < 4.78 is 6.58. The topological polar surface area (TPSA) is 29.5 Å². The lowest BCUT2D eigenvalue weighted by Crippen LogP contribution is -2.45. The summed E-state index contributed by atoms with van der Waals surface area (Å²) in [4.78, 5) is 0. The van der Waals surface area contributed by atoms with Crippen LogP contribution < -0.4 is 4.74 Å². The van der Waals surface area contributed by atoms with Crippen molar-refractivity contribution in [2.75, 3.05) is 0 Å². The number of ether oxygens (including phenoxy) is 1. The van der Waals surface area contributed by atoms with Crippen molar-refractivity contribution in [1.82, 2.24) is 0 Å². The second kappa shape index (κ2) is 5.58. The molecule has 1 N–H and O–H groups in total. The van der Waals surface area contributed by atoms with Crippen molar-refractivity contribution >= 4 is 0 Å². The Morgan fingerprint density at radius 3 is 2.50 bits per heavy atom. The summed E-state index contributed by atoms with van der Waals surface area (Å²) in [5.41, 5.74) is 4.29. The Hall–Kier alpha value is -1.44. The number of fused-ring (bicyclic) bond motifs is 5. The van der Waals surface area contributed by atoms with Gasteiger partial charge in [-0.1, -0.05) is 32.4 Å². The maximum atomic E-state index is 11.2. The molecule has 2 saturated carbocycles. The Kier molecular flexibility index (Phi) is 3.70. The maximum absolute atomic E-state index is 11.2. The molecule has 1 aliphatic heterocycles. The fourth-order valence-corrected chi connectivity index (χ4v) is 7.49. The summed E-state index contributed by atoms with van der Waals surface area (Å²) in [6.45, 7) is 14.1. The minimum absolute atomic E-state index is 0.197. The molecule has 5 atom stereocenters. The van der Waals surface area contributed by atoms with Crippen molar-refractivity contribution in [3.05, 3.63) is 34.9 Å². The molecule has 0 spiro atoms. The molecule has 0 amide bonds. The molecule has 0 radical (unpaired) electrons. The van der Waals surface area contributed by atoms with Crippen LogP contribution in [-0.4, -0.2) is 10.7 Å². The highest BCUT2D eigenvalue weighted by molar-refractivity contribution is 5.54. The second-order valence-corrected chi connectivity index (χ2v) is 11.5. The van der Waals surface area contributed by atoms with E-state index in [-0.39, 0.29) is 5.60 Å². The Morgan fingerprint density at radius 1 is 1.11 bits per heavy atom. The molecular weight excluding hydrogens is 344 g/mol. The Labute approximate surface area is 170 Å². The summed E-state index contributed by atoms with van der Waals surface area (Å²) in [7, 11) is 0. The van der Waals surface area contributed by atoms with E-state index >= 15 is 0 Å². The summed E-state index contributed by atoms with van der Waals surface area (Å²) in [6.07, 6.45) is 8.35. The Balaban J connectivity index is 1.59. The Morgan fingerprint density at radius 2 is 1.86 bits per heavy atom. The summed E-state index contributed by atoms with van der Waals surface area (Å²) >= 11 is 0. The van der Waals surface area contributed by atoms with Gasteiger partial charge in [-0.3, -0.25) is 0 Å². The van der Waals surface area contributed by atoms with E-state index in [1.807, 2.05) is 0 Å². The van der Waals surface area contributed by atoms with Crippen molar-refractivity contribution in [1.29, 1.82) is 0 Å². The van der Waals surface area contributed by atoms with Crippen LogP contribution in [0.15, 0.2) is 23.8 Å². The zero-order chi connectivity index (χ0) is 20.1. The highest BCUT2D eigenvalue weighted by atomic mass is 16.5. The van der Waals surface area contributed by atoms with Gasteiger partial charge in [0.2, 0.25) is 0 Å². The first-order valence-corrected chi connectivity index (χ1v) is 11.3. The van der Waals surface area contributed by atoms with Gasteiger partial charge < -0.3 is 9.84 Å². The molecule has 0 aromatic heterocycles. The highest BCUT2D eigenvalue weighted by Gasteiger charge is 2.61. The van der Waals surface area contributed by atoms with Crippen LogP contribution in [0.3, 0.4) is 0 Å². The molecule has 152 valence electrons. The number of benzene rings is 1. The molecular formula is C26H36O2. The standard InChI is InChI=1S/C26H36O2/c1-15-7-8-19-18(11-15)23-21(27)12-16(13-22(23)28-25(19,4)5)20-14-17-9-10-26(20,6)24(17,2)3/h7,12-13,17-20,27H,8-11,14H2,1-6H3/t17-,18-,19-,20+,26+/m1/s1. The number of allylic oxidation sites excluding steroid dienone is 2. The molecule has 2 fully saturated rings. The monoisotopic (exact) mass is 380 g/mol. The number of aromatic hydroxyl groups is 1. The molecule has 28 heavy (non-hydrogen) atoms. The zero-order valence-corrected chi connectivity index (χ0v) is 18.4. The number of phenolic OH excluding ortho intramolecular Hbond substituents is 1. The molecule has 1 aromatic carbocycles. The van der Waals surface area contributed by atoms with Gasteiger partial charge in [-0.25, -0.2) is 0 Å². The predicted octanol–water partition coefficient (Wildman–Crippen LogP) is 6.93. The van der Waals surface area contributed by atoms with Crippen molar-refractivity contribution in [2.45, 2.75) is 91.1 Å². The lowest BCUT2D eigenvalue weighted by Gasteiger charge is -2.47. The van der Waals surface area contributed by atoms with Gasteiger partial charge in [-0.15, -0.1) is 0 Å². The van der Waals surface area contributed by atoms with E-state index in [1.165, 1.54) is 30.4 Å². The molecule has 2 nitrogen and oxygen atoms in total. The van der Waals surface area contributed by atoms with Crippen LogP contribution in [-0.2, 0) is 0 Å². The van der Waals surface area contributed by atoms with Gasteiger partial charge in [-0.05, 0) is 93.2 Å². The number of hydrogen-bond donors (Lipinski definition) is 1. The van der Waals surface area contributed by atoms with Gasteiger partial charge >= 0.3 is 0 Å². The quantitative estimate of drug-likeness (QED) is 0.535. The average molecular weight is 381 g/mol. The van der Waals surface area contributed by atoms with Gasteiger partial charge in [0.15, 0.2) is 0 Å². The third kappa shape index (κ3) is 2.27. The summed E-state index contributed by atoms with van der Waals surface area (Å²) in [5, 5.41) is 11.2. The summed E-state index contributed by atoms with van der Waals surface area (Å²) in [6, 6.07) is 4.39. The first-order valence-electron chi connectivity index (χ1n) is 11.3. The lowest BCUT2D eigenvalue weighted by molar-refractivity contribution is 0.00737. The van der Waals surface area contributed by atoms with E-state index in [2.05, 4.69) is 59.8 Å². The van der Waals surface area contributed by atoms with Gasteiger partial charge in [-0.2, -0.15) is 0 Å². The number of rotatable bonds is 1. The van der Waals surface area contributed by atoms with E-state index < -0.39 is 0 Å². The number of phenols is 1. The average Bonchev–Trinajstić information content (AvgIpc) is 2.93. The molecule has 2 heteroatoms. The first-order chi connectivity index (χ1) is 13.0. The zero-order valence-electron chi connectivity index (χ0n) is 18.4. The normalized spacial score (nSPS) is 39.7. The molecule has 5 rings (SSSR count). The minimum atomic E-state index is -0.197. The van der Waals surface area contributed by atoms with Crippen molar-refractivity contribution in [2.24, 2.45) is 22.7 Å². The molecule has 2 bridgehead atoms. The van der Waals surface area contributed by atoms with Crippen molar-refractivity contribution in [3.63, 3.8) is 0 Å². The summed E-state index contributed by atoms with van der Waals surface area (Å²) in [5.74, 6) is 3.53. The van der Waals surface area contributed by atoms with Crippen LogP contribution in [0.4, 0.5) is 0 Å². The van der Waals surface area contributed by atoms with Crippen LogP contribution in [0.25, 0.3) is 0 Å². The second-order valence-electron chi connectivity index (χ2n) is 11.5. The number of hydrogen-bond acceptors (Lipinski definition) is 2. The van der Waals surface area contributed by atoms with Crippen molar-refractivity contribution in [3.8, 4) is 11.5 Å². The van der Waals surface area contributed by atoms with E-state index in [4.69, 9.17) is 4.74 Å². The molecule has 1 aromatic rings. The van der Waals surface area contributed by atoms with Gasteiger partial charge in [0.1, 0.15) is 17.1 Å². The van der Waals surface area contributed by atoms with Crippen LogP contribution in [0, 0.1) is 22.7 Å². The largest absolute Gasteiger partial charge is 0.508 e. The third-order valence-corrected chi connectivity index (χ3v) is 9.72. The third-order valence-electron chi connectivity index (χ3n) is 9.72. The van der Waals surface area contributed by atoms with E-state index in [1.54, 1.807) is 0 Å². The van der Waals surface area contributed by atoms with Crippen LogP contribution >= 0.6 is 0 Å². The van der Waals surface area contributed by atoms with E-state index in [0.29, 0.717) is 34.3 Å². The smallest absolute Gasteiger partial charge is 0.127 e. The van der Waals surface area contributed by atoms with Crippen LogP contribution in [0.2, 0.25) is 0 Å². The van der Waals surface area contributed by atoms with Crippen LogP contribution in [0.1, 0.15) is 96.6 Å². The Bertz CT molecular complexity index is 861. The molecule has 0 saturated heterocycles. The molecule has 4 aliphatic rings. The van der Waals surface area contributed by atoms with Crippen LogP contribution in [0.5, 0.6) is 11.5 Å². The van der Waals surface area contributed by atoms with Gasteiger partial charge in [0.25, 0.3) is 0 Å². The lowest BCUT2D eigenvalue weighted by atomic mass is 9.64. The fraction of sp³-hybridized carbons (Fsp3) is 0.692. The molecule has 3 aliphatic carbocycles. The first kappa shape index (κ1) is 18.6. The maximum Gasteiger partial charge on any atom is 0.127 e. The fourth-order valence-electron chi connectivity index (χ4n) is 7.49. The van der Waals surface area contributed by atoms with Gasteiger partial charge in [0.05, 0.1) is 0 Å². The predicted molar refractivity (Wildman–Crippen MR) is 114 cm³/mol. The SMILES string of the molecule is CC1=CC[C@@H]2[C@@H](C1)c1c(O)cc([C@@H]3C[C@H]4CC[C@]3(C)C4(C)C)cc1OC2(C)C.